The Morgan fingerprint density at radius 1 is 1.08 bits per heavy atom. The highest BCUT2D eigenvalue weighted by molar-refractivity contribution is 7.92. The van der Waals surface area contributed by atoms with Crippen LogP contribution in [0.3, 0.4) is 0 Å². The van der Waals surface area contributed by atoms with Gasteiger partial charge in [-0.25, -0.2) is 8.42 Å². The second kappa shape index (κ2) is 8.48. The molecule has 0 radical (unpaired) electrons. The molecule has 5 nitrogen and oxygen atoms in total. The standard InChI is InChI=1S/C18H22Cl2N2O3S/c1-12-5-6-15(11-17(12)25-8-7-22(3)4)21-26(23,24)18-13(2)9-14(19)10-16(18)20/h5-6,9-11,21H,7-8H2,1-4H3. The summed E-state index contributed by atoms with van der Waals surface area (Å²) in [5.74, 6) is 0.631. The molecule has 0 saturated carbocycles. The highest BCUT2D eigenvalue weighted by Gasteiger charge is 2.22. The first-order valence-corrected chi connectivity index (χ1v) is 10.2. The third kappa shape index (κ3) is 5.27. The monoisotopic (exact) mass is 416 g/mol. The topological polar surface area (TPSA) is 58.6 Å². The Hall–Kier alpha value is -1.47. The number of nitrogens with zero attached hydrogens (tertiary/aromatic N) is 1. The maximum absolute atomic E-state index is 12.8. The Balaban J connectivity index is 2.27. The molecule has 0 atom stereocenters. The molecule has 0 saturated heterocycles. The van der Waals surface area contributed by atoms with Crippen molar-refractivity contribution in [3.05, 3.63) is 51.5 Å². The van der Waals surface area contributed by atoms with Gasteiger partial charge in [-0.3, -0.25) is 4.72 Å². The summed E-state index contributed by atoms with van der Waals surface area (Å²) in [7, 11) is 0.0552. The van der Waals surface area contributed by atoms with Crippen molar-refractivity contribution in [1.82, 2.24) is 4.90 Å². The van der Waals surface area contributed by atoms with Gasteiger partial charge in [0.1, 0.15) is 17.3 Å². The van der Waals surface area contributed by atoms with E-state index in [1.165, 1.54) is 6.07 Å². The van der Waals surface area contributed by atoms with Gasteiger partial charge in [0.2, 0.25) is 0 Å². The molecule has 0 amide bonds. The SMILES string of the molecule is Cc1ccc(NS(=O)(=O)c2c(C)cc(Cl)cc2Cl)cc1OCCN(C)C. The van der Waals surface area contributed by atoms with Gasteiger partial charge in [0, 0.05) is 17.6 Å². The van der Waals surface area contributed by atoms with Gasteiger partial charge in [-0.1, -0.05) is 29.3 Å². The van der Waals surface area contributed by atoms with Gasteiger partial charge in [-0.05, 0) is 57.3 Å². The maximum atomic E-state index is 12.8. The van der Waals surface area contributed by atoms with E-state index in [9.17, 15) is 8.42 Å². The number of rotatable bonds is 7. The van der Waals surface area contributed by atoms with E-state index in [1.807, 2.05) is 25.9 Å². The summed E-state index contributed by atoms with van der Waals surface area (Å²) in [6.45, 7) is 4.82. The molecule has 8 heteroatoms. The third-order valence-corrected chi connectivity index (χ3v) is 5.91. The zero-order valence-electron chi connectivity index (χ0n) is 15.1. The molecule has 0 aromatic heterocycles. The Bertz CT molecular complexity index is 876. The number of halogens is 2. The first-order chi connectivity index (χ1) is 12.1. The van der Waals surface area contributed by atoms with Gasteiger partial charge >= 0.3 is 0 Å². The Morgan fingerprint density at radius 3 is 2.38 bits per heavy atom. The number of sulfonamides is 1. The second-order valence-corrected chi connectivity index (χ2v) is 8.73. The number of likely N-dealkylation sites (N-methyl/N-ethyl adjacent to an activating group) is 1. The largest absolute Gasteiger partial charge is 0.492 e. The van der Waals surface area contributed by atoms with Gasteiger partial charge in [-0.15, -0.1) is 0 Å². The van der Waals surface area contributed by atoms with Crippen molar-refractivity contribution < 1.29 is 13.2 Å². The minimum atomic E-state index is -3.86. The van der Waals surface area contributed by atoms with Gasteiger partial charge < -0.3 is 9.64 Å². The van der Waals surface area contributed by atoms with Crippen LogP contribution < -0.4 is 9.46 Å². The van der Waals surface area contributed by atoms with Crippen LogP contribution in [-0.4, -0.2) is 40.6 Å². The first-order valence-electron chi connectivity index (χ1n) is 7.97. The highest BCUT2D eigenvalue weighted by atomic mass is 35.5. The van der Waals surface area contributed by atoms with E-state index in [-0.39, 0.29) is 9.92 Å². The number of hydrogen-bond acceptors (Lipinski definition) is 4. The fourth-order valence-corrected chi connectivity index (χ4v) is 4.63. The van der Waals surface area contributed by atoms with Crippen LogP contribution in [0.25, 0.3) is 0 Å². The molecule has 0 aliphatic rings. The fourth-order valence-electron chi connectivity index (χ4n) is 2.39. The summed E-state index contributed by atoms with van der Waals surface area (Å²) in [6.07, 6.45) is 0. The number of aryl methyl sites for hydroxylation is 2. The van der Waals surface area contributed by atoms with Crippen LogP contribution in [0.1, 0.15) is 11.1 Å². The summed E-state index contributed by atoms with van der Waals surface area (Å²) in [4.78, 5) is 2.02. The van der Waals surface area contributed by atoms with E-state index < -0.39 is 10.0 Å². The van der Waals surface area contributed by atoms with Crippen LogP contribution in [0.4, 0.5) is 5.69 Å². The Labute approximate surface area is 164 Å². The lowest BCUT2D eigenvalue weighted by molar-refractivity contribution is 0.260. The van der Waals surface area contributed by atoms with E-state index in [2.05, 4.69) is 4.72 Å². The van der Waals surface area contributed by atoms with Crippen molar-refractivity contribution in [2.75, 3.05) is 32.0 Å². The van der Waals surface area contributed by atoms with Crippen molar-refractivity contribution in [2.24, 2.45) is 0 Å². The number of nitrogens with one attached hydrogen (secondary N) is 1. The molecule has 0 spiro atoms. The van der Waals surface area contributed by atoms with Gasteiger partial charge in [0.05, 0.1) is 10.7 Å². The second-order valence-electron chi connectivity index (χ2n) is 6.27. The lowest BCUT2D eigenvalue weighted by Gasteiger charge is -2.15. The zero-order chi connectivity index (χ0) is 19.5. The number of anilines is 1. The average Bonchev–Trinajstić information content (AvgIpc) is 2.48. The van der Waals surface area contributed by atoms with Crippen molar-refractivity contribution >= 4 is 38.9 Å². The predicted octanol–water partition coefficient (Wildman–Crippen LogP) is 4.35. The van der Waals surface area contributed by atoms with Crippen molar-refractivity contribution in [3.63, 3.8) is 0 Å². The molecule has 26 heavy (non-hydrogen) atoms. The molecule has 0 unspecified atom stereocenters. The lowest BCUT2D eigenvalue weighted by Crippen LogP contribution is -2.19. The molecular formula is C18H22Cl2N2O3S. The molecule has 0 aliphatic carbocycles. The van der Waals surface area contributed by atoms with Crippen molar-refractivity contribution in [2.45, 2.75) is 18.7 Å². The summed E-state index contributed by atoms with van der Waals surface area (Å²) < 4.78 is 33.8. The molecule has 0 heterocycles. The van der Waals surface area contributed by atoms with Gasteiger partial charge in [-0.2, -0.15) is 0 Å². The average molecular weight is 417 g/mol. The van der Waals surface area contributed by atoms with Crippen LogP contribution in [0.15, 0.2) is 35.2 Å². The maximum Gasteiger partial charge on any atom is 0.263 e. The molecule has 1 N–H and O–H groups in total. The molecule has 0 aliphatic heterocycles. The Kier molecular flexibility index (Phi) is 6.80. The van der Waals surface area contributed by atoms with E-state index >= 15 is 0 Å². The minimum Gasteiger partial charge on any atom is -0.492 e. The van der Waals surface area contributed by atoms with E-state index in [0.29, 0.717) is 28.6 Å². The summed E-state index contributed by atoms with van der Waals surface area (Å²) in [5.41, 5.74) is 1.80. The van der Waals surface area contributed by atoms with Crippen LogP contribution >= 0.6 is 23.2 Å². The van der Waals surface area contributed by atoms with Crippen LogP contribution in [0.2, 0.25) is 10.0 Å². The molecule has 0 fully saturated rings. The van der Waals surface area contributed by atoms with Crippen molar-refractivity contribution in [1.29, 1.82) is 0 Å². The Morgan fingerprint density at radius 2 is 1.77 bits per heavy atom. The van der Waals surface area contributed by atoms with Crippen LogP contribution in [0, 0.1) is 13.8 Å². The number of benzene rings is 2. The highest BCUT2D eigenvalue weighted by Crippen LogP contribution is 2.31. The number of ether oxygens (including phenoxy) is 1. The fraction of sp³-hybridized carbons (Fsp3) is 0.333. The summed E-state index contributed by atoms with van der Waals surface area (Å²) in [6, 6.07) is 8.13. The van der Waals surface area contributed by atoms with Gasteiger partial charge in [0.15, 0.2) is 0 Å². The third-order valence-electron chi connectivity index (χ3n) is 3.70. The van der Waals surface area contributed by atoms with Gasteiger partial charge in [0.25, 0.3) is 10.0 Å². The number of hydrogen-bond donors (Lipinski definition) is 1. The van der Waals surface area contributed by atoms with E-state index in [0.717, 1.165) is 12.1 Å². The van der Waals surface area contributed by atoms with Crippen LogP contribution in [-0.2, 0) is 10.0 Å². The minimum absolute atomic E-state index is 0.0132. The molecule has 2 aromatic carbocycles. The van der Waals surface area contributed by atoms with Crippen LogP contribution in [0.5, 0.6) is 5.75 Å². The quantitative estimate of drug-likeness (QED) is 0.728. The molecule has 142 valence electrons. The summed E-state index contributed by atoms with van der Waals surface area (Å²) in [5, 5.41) is 0.468. The lowest BCUT2D eigenvalue weighted by atomic mass is 10.2. The smallest absolute Gasteiger partial charge is 0.263 e. The van der Waals surface area contributed by atoms with E-state index in [4.69, 9.17) is 27.9 Å². The summed E-state index contributed by atoms with van der Waals surface area (Å²) >= 11 is 12.0. The van der Waals surface area contributed by atoms with Crippen molar-refractivity contribution in [3.8, 4) is 5.75 Å². The normalized spacial score (nSPS) is 11.7. The molecule has 2 rings (SSSR count). The molecule has 0 bridgehead atoms. The zero-order valence-corrected chi connectivity index (χ0v) is 17.5. The molecule has 2 aromatic rings. The first kappa shape index (κ1) is 20.8. The molecular weight excluding hydrogens is 395 g/mol. The predicted molar refractivity (Wildman–Crippen MR) is 107 cm³/mol. The van der Waals surface area contributed by atoms with E-state index in [1.54, 1.807) is 31.2 Å².